The van der Waals surface area contributed by atoms with Crippen LogP contribution in [0, 0.1) is 0 Å². The van der Waals surface area contributed by atoms with Gasteiger partial charge in [0.2, 0.25) is 0 Å². The lowest BCUT2D eigenvalue weighted by Crippen LogP contribution is -2.50. The van der Waals surface area contributed by atoms with Gasteiger partial charge in [-0.2, -0.15) is 0 Å². The number of urea groups is 1. The van der Waals surface area contributed by atoms with E-state index >= 15 is 0 Å². The van der Waals surface area contributed by atoms with Crippen molar-refractivity contribution >= 4 is 35.2 Å². The summed E-state index contributed by atoms with van der Waals surface area (Å²) in [6, 6.07) is 6.92. The maximum Gasteiger partial charge on any atom is 0.321 e. The van der Waals surface area contributed by atoms with Gasteiger partial charge < -0.3 is 47.1 Å². The second kappa shape index (κ2) is 20.7. The number of hydrogen-bond acceptors (Lipinski definition) is 13. The SMILES string of the molecule is CCCCCCN(CCOc1ccc(CCCCNC(=O)NC(=O)c2nc(Cl)c(N)nc2N)cc1)C[C@H](O)[C@@H](O)[C@H](O)[C@H](O)CO. The highest BCUT2D eigenvalue weighted by Gasteiger charge is 2.31. The van der Waals surface area contributed by atoms with E-state index in [4.69, 9.17) is 32.9 Å². The van der Waals surface area contributed by atoms with Crippen LogP contribution >= 0.6 is 11.6 Å². The van der Waals surface area contributed by atoms with Gasteiger partial charge in [0, 0.05) is 19.6 Å². The molecule has 0 saturated carbocycles. The summed E-state index contributed by atoms with van der Waals surface area (Å²) in [7, 11) is 0. The van der Waals surface area contributed by atoms with Gasteiger partial charge in [-0.15, -0.1) is 0 Å². The first-order valence-corrected chi connectivity index (χ1v) is 15.8. The number of rotatable bonds is 21. The predicted molar refractivity (Wildman–Crippen MR) is 173 cm³/mol. The summed E-state index contributed by atoms with van der Waals surface area (Å²) in [5, 5.41) is 53.7. The molecule has 0 bridgehead atoms. The van der Waals surface area contributed by atoms with Gasteiger partial charge in [-0.05, 0) is 49.9 Å². The molecule has 0 unspecified atom stereocenters. The van der Waals surface area contributed by atoms with Crippen LogP contribution in [0.25, 0.3) is 0 Å². The smallest absolute Gasteiger partial charge is 0.321 e. The van der Waals surface area contributed by atoms with E-state index in [9.17, 15) is 30.0 Å². The third kappa shape index (κ3) is 13.6. The predicted octanol–water partition coefficient (Wildman–Crippen LogP) is 0.454. The van der Waals surface area contributed by atoms with Crippen molar-refractivity contribution in [1.29, 1.82) is 0 Å². The van der Waals surface area contributed by atoms with Gasteiger partial charge in [0.05, 0.1) is 12.7 Å². The van der Waals surface area contributed by atoms with Crippen LogP contribution in [-0.4, -0.2) is 116 Å². The number of nitrogens with zero attached hydrogens (tertiary/aromatic N) is 3. The number of aryl methyl sites for hydroxylation is 1. The Hall–Kier alpha value is -3.31. The summed E-state index contributed by atoms with van der Waals surface area (Å²) in [5.41, 5.74) is 11.9. The number of nitrogens with two attached hydrogens (primary N) is 2. The normalized spacial score (nSPS) is 14.0. The Balaban J connectivity index is 1.73. The number of halogens is 1. The molecule has 0 spiro atoms. The van der Waals surface area contributed by atoms with Crippen LogP contribution in [-0.2, 0) is 6.42 Å². The largest absolute Gasteiger partial charge is 0.492 e. The number of imide groups is 1. The second-order valence-corrected chi connectivity index (χ2v) is 11.3. The first kappa shape index (κ1) is 38.9. The van der Waals surface area contributed by atoms with E-state index in [0.717, 1.165) is 44.1 Å². The average Bonchev–Trinajstić information content (AvgIpc) is 3.03. The highest BCUT2D eigenvalue weighted by atomic mass is 35.5. The van der Waals surface area contributed by atoms with Crippen LogP contribution in [0.4, 0.5) is 16.4 Å². The number of aromatic nitrogens is 2. The fraction of sp³-hybridized carbons (Fsp3) is 0.600. The molecule has 1 aromatic carbocycles. The van der Waals surface area contributed by atoms with Gasteiger partial charge >= 0.3 is 6.03 Å². The lowest BCUT2D eigenvalue weighted by Gasteiger charge is -2.30. The molecule has 15 nitrogen and oxygen atoms in total. The molecule has 46 heavy (non-hydrogen) atoms. The van der Waals surface area contributed by atoms with E-state index in [2.05, 4.69) is 27.5 Å². The van der Waals surface area contributed by atoms with Crippen molar-refractivity contribution in [2.75, 3.05) is 50.9 Å². The quantitative estimate of drug-likeness (QED) is 0.0820. The van der Waals surface area contributed by atoms with E-state index in [1.807, 2.05) is 29.2 Å². The van der Waals surface area contributed by atoms with Crippen molar-refractivity contribution < 1.29 is 39.9 Å². The van der Waals surface area contributed by atoms with Gasteiger partial charge in [-0.3, -0.25) is 15.0 Å². The first-order chi connectivity index (χ1) is 22.0. The molecule has 1 heterocycles. The number of unbranched alkanes of at least 4 members (excludes halogenated alkanes) is 4. The van der Waals surface area contributed by atoms with Crippen LogP contribution in [0.2, 0.25) is 5.15 Å². The highest BCUT2D eigenvalue weighted by Crippen LogP contribution is 2.17. The first-order valence-electron chi connectivity index (χ1n) is 15.4. The summed E-state index contributed by atoms with van der Waals surface area (Å²) >= 11 is 5.77. The molecule has 4 atom stereocenters. The minimum absolute atomic E-state index is 0.0679. The van der Waals surface area contributed by atoms with E-state index in [1.165, 1.54) is 0 Å². The monoisotopic (exact) mass is 669 g/mol. The molecule has 0 radical (unpaired) electrons. The number of nitrogen functional groups attached to an aromatic ring is 2. The van der Waals surface area contributed by atoms with Crippen LogP contribution in [0.3, 0.4) is 0 Å². The highest BCUT2D eigenvalue weighted by molar-refractivity contribution is 6.31. The van der Waals surface area contributed by atoms with Gasteiger partial charge in [-0.1, -0.05) is 49.9 Å². The van der Waals surface area contributed by atoms with E-state index < -0.39 is 43.0 Å². The lowest BCUT2D eigenvalue weighted by atomic mass is 10.0. The number of aliphatic hydroxyl groups is 5. The molecular weight excluding hydrogens is 622 g/mol. The molecule has 0 aliphatic carbocycles. The van der Waals surface area contributed by atoms with Crippen molar-refractivity contribution in [1.82, 2.24) is 25.5 Å². The Labute approximate surface area is 273 Å². The summed E-state index contributed by atoms with van der Waals surface area (Å²) < 4.78 is 5.90. The summed E-state index contributed by atoms with van der Waals surface area (Å²) in [6.07, 6.45) is 0.156. The molecule has 0 saturated heterocycles. The van der Waals surface area contributed by atoms with Gasteiger partial charge in [0.25, 0.3) is 5.91 Å². The Morgan fingerprint density at radius 2 is 1.63 bits per heavy atom. The second-order valence-electron chi connectivity index (χ2n) is 11.0. The zero-order valence-electron chi connectivity index (χ0n) is 26.1. The van der Waals surface area contributed by atoms with Gasteiger partial charge in [0.15, 0.2) is 22.5 Å². The molecule has 2 rings (SSSR count). The third-order valence-corrected chi connectivity index (χ3v) is 7.50. The van der Waals surface area contributed by atoms with Gasteiger partial charge in [-0.25, -0.2) is 14.8 Å². The molecular formula is C30H48ClN7O8. The Morgan fingerprint density at radius 1 is 0.935 bits per heavy atom. The number of anilines is 2. The lowest BCUT2D eigenvalue weighted by molar-refractivity contribution is -0.119. The van der Waals surface area contributed by atoms with Crippen LogP contribution < -0.4 is 26.8 Å². The minimum atomic E-state index is -1.67. The third-order valence-electron chi connectivity index (χ3n) is 7.22. The van der Waals surface area contributed by atoms with Crippen molar-refractivity contribution in [3.05, 3.63) is 40.7 Å². The Kier molecular flexibility index (Phi) is 17.5. The summed E-state index contributed by atoms with van der Waals surface area (Å²) in [5.74, 6) is -0.538. The fourth-order valence-electron chi connectivity index (χ4n) is 4.51. The van der Waals surface area contributed by atoms with Crippen LogP contribution in [0.5, 0.6) is 5.75 Å². The fourth-order valence-corrected chi connectivity index (χ4v) is 4.64. The summed E-state index contributed by atoms with van der Waals surface area (Å²) in [4.78, 5) is 33.7. The summed E-state index contributed by atoms with van der Waals surface area (Å²) in [6.45, 7) is 3.26. The molecule has 2 aromatic rings. The number of amides is 3. The molecule has 1 aromatic heterocycles. The van der Waals surface area contributed by atoms with Crippen LogP contribution in [0.1, 0.15) is 61.5 Å². The van der Waals surface area contributed by atoms with Gasteiger partial charge in [0.1, 0.15) is 30.7 Å². The maximum atomic E-state index is 12.2. The average molecular weight is 670 g/mol. The topological polar surface area (TPSA) is 250 Å². The standard InChI is InChI=1S/C30H48ClN7O8/c1-2-3-4-7-14-38(17-21(40)24(42)25(43)22(41)18-39)15-16-46-20-11-9-19(10-12-20)8-5-6-13-34-30(45)37-29(44)23-27(32)36-28(33)26(31)35-23/h9-12,21-22,24-25,39-43H,2-8,13-18H2,1H3,(H4,32,33,36)(H2,34,37,44,45)/t21-,22+,24+,25+/m0/s1. The Morgan fingerprint density at radius 3 is 2.30 bits per heavy atom. The Bertz CT molecular complexity index is 1210. The molecule has 0 aliphatic rings. The van der Waals surface area contributed by atoms with Crippen molar-refractivity contribution in [2.24, 2.45) is 0 Å². The maximum absolute atomic E-state index is 12.2. The number of benzene rings is 1. The van der Waals surface area contributed by atoms with E-state index in [1.54, 1.807) is 0 Å². The number of carbonyl (C=O) groups is 2. The van der Waals surface area contributed by atoms with E-state index in [-0.39, 0.29) is 29.0 Å². The number of carbonyl (C=O) groups excluding carboxylic acids is 2. The van der Waals surface area contributed by atoms with Crippen molar-refractivity contribution in [3.8, 4) is 5.75 Å². The van der Waals surface area contributed by atoms with Crippen molar-refractivity contribution in [3.63, 3.8) is 0 Å². The molecule has 3 amide bonds. The number of nitrogens with one attached hydrogen (secondary N) is 2. The zero-order valence-corrected chi connectivity index (χ0v) is 26.9. The molecule has 16 heteroatoms. The zero-order chi connectivity index (χ0) is 34.1. The molecule has 258 valence electrons. The number of hydrogen-bond donors (Lipinski definition) is 9. The van der Waals surface area contributed by atoms with E-state index in [0.29, 0.717) is 38.4 Å². The van der Waals surface area contributed by atoms with Crippen molar-refractivity contribution in [2.45, 2.75) is 76.3 Å². The number of aliphatic hydroxyl groups excluding tert-OH is 5. The molecule has 0 fully saturated rings. The number of ether oxygens (including phenoxy) is 1. The minimum Gasteiger partial charge on any atom is -0.492 e. The molecule has 0 aliphatic heterocycles. The van der Waals surface area contributed by atoms with Crippen LogP contribution in [0.15, 0.2) is 24.3 Å². The molecule has 11 N–H and O–H groups in total.